The third-order valence-electron chi connectivity index (χ3n) is 4.33. The number of aromatic nitrogens is 2. The molecule has 2 aromatic carbocycles. The number of ether oxygens (including phenoxy) is 2. The average molecular weight is 440 g/mol. The van der Waals surface area contributed by atoms with E-state index in [1.54, 1.807) is 36.4 Å². The SMILES string of the molecule is COc1ccc(Cl)cc1C(=O)CCC(=O)Nc1cccc(Oc2nc(C)cc(C)n2)c1. The van der Waals surface area contributed by atoms with Gasteiger partial charge in [-0.3, -0.25) is 9.59 Å². The van der Waals surface area contributed by atoms with Crippen LogP contribution >= 0.6 is 11.6 Å². The molecule has 1 aromatic heterocycles. The zero-order valence-corrected chi connectivity index (χ0v) is 18.2. The van der Waals surface area contributed by atoms with Crippen molar-refractivity contribution >= 4 is 29.0 Å². The Morgan fingerprint density at radius 1 is 1.00 bits per heavy atom. The van der Waals surface area contributed by atoms with Crippen molar-refractivity contribution < 1.29 is 19.1 Å². The van der Waals surface area contributed by atoms with E-state index in [0.29, 0.717) is 27.8 Å². The lowest BCUT2D eigenvalue weighted by atomic mass is 10.1. The number of aryl methyl sites for hydroxylation is 2. The fourth-order valence-corrected chi connectivity index (χ4v) is 3.14. The summed E-state index contributed by atoms with van der Waals surface area (Å²) >= 11 is 5.97. The van der Waals surface area contributed by atoms with Crippen LogP contribution in [0.3, 0.4) is 0 Å². The molecule has 7 nitrogen and oxygen atoms in total. The highest BCUT2D eigenvalue weighted by atomic mass is 35.5. The number of hydrogen-bond acceptors (Lipinski definition) is 6. The number of amides is 1. The Balaban J connectivity index is 1.60. The maximum atomic E-state index is 12.5. The number of carbonyl (C=O) groups excluding carboxylic acids is 2. The first-order valence-electron chi connectivity index (χ1n) is 9.61. The van der Waals surface area contributed by atoms with Gasteiger partial charge in [0.25, 0.3) is 0 Å². The van der Waals surface area contributed by atoms with Crippen LogP contribution < -0.4 is 14.8 Å². The van der Waals surface area contributed by atoms with Gasteiger partial charge in [-0.2, -0.15) is 0 Å². The second-order valence-corrected chi connectivity index (χ2v) is 7.32. The van der Waals surface area contributed by atoms with E-state index in [1.807, 2.05) is 19.9 Å². The van der Waals surface area contributed by atoms with Crippen molar-refractivity contribution in [3.05, 3.63) is 70.5 Å². The molecule has 0 saturated carbocycles. The van der Waals surface area contributed by atoms with Crippen LogP contribution in [0.4, 0.5) is 5.69 Å². The molecule has 8 heteroatoms. The molecule has 0 aliphatic rings. The van der Waals surface area contributed by atoms with Crippen molar-refractivity contribution in [3.63, 3.8) is 0 Å². The maximum Gasteiger partial charge on any atom is 0.322 e. The topological polar surface area (TPSA) is 90.4 Å². The van der Waals surface area contributed by atoms with Crippen molar-refractivity contribution in [2.75, 3.05) is 12.4 Å². The summed E-state index contributed by atoms with van der Waals surface area (Å²) in [6.07, 6.45) is 0.0366. The van der Waals surface area contributed by atoms with Crippen LogP contribution in [0.25, 0.3) is 0 Å². The summed E-state index contributed by atoms with van der Waals surface area (Å²) in [7, 11) is 1.48. The highest BCUT2D eigenvalue weighted by Gasteiger charge is 2.15. The molecule has 0 atom stereocenters. The van der Waals surface area contributed by atoms with Gasteiger partial charge in [0.15, 0.2) is 5.78 Å². The summed E-state index contributed by atoms with van der Waals surface area (Å²) in [5, 5.41) is 3.20. The maximum absolute atomic E-state index is 12.5. The molecule has 31 heavy (non-hydrogen) atoms. The molecule has 0 unspecified atom stereocenters. The number of benzene rings is 2. The van der Waals surface area contributed by atoms with Gasteiger partial charge in [0, 0.05) is 41.0 Å². The molecule has 0 fully saturated rings. The third kappa shape index (κ3) is 6.26. The number of methoxy groups -OCH3 is 1. The number of nitrogens with one attached hydrogen (secondary N) is 1. The van der Waals surface area contributed by atoms with Crippen LogP contribution in [0, 0.1) is 13.8 Å². The number of Topliss-reactive ketones (excluding diaryl/α,β-unsaturated/α-hetero) is 1. The first-order chi connectivity index (χ1) is 14.8. The minimum absolute atomic E-state index is 0.0137. The van der Waals surface area contributed by atoms with Crippen molar-refractivity contribution in [1.82, 2.24) is 9.97 Å². The van der Waals surface area contributed by atoms with E-state index in [4.69, 9.17) is 21.1 Å². The number of nitrogens with zero attached hydrogens (tertiary/aromatic N) is 2. The Labute approximate surface area is 185 Å². The molecule has 0 spiro atoms. The smallest absolute Gasteiger partial charge is 0.322 e. The molecule has 3 rings (SSSR count). The normalized spacial score (nSPS) is 10.5. The molecule has 160 valence electrons. The molecule has 1 amide bonds. The van der Waals surface area contributed by atoms with Gasteiger partial charge in [-0.15, -0.1) is 0 Å². The zero-order valence-electron chi connectivity index (χ0n) is 17.4. The molecule has 0 saturated heterocycles. The van der Waals surface area contributed by atoms with E-state index < -0.39 is 0 Å². The van der Waals surface area contributed by atoms with Gasteiger partial charge in [0.1, 0.15) is 11.5 Å². The molecule has 0 aliphatic heterocycles. The highest BCUT2D eigenvalue weighted by molar-refractivity contribution is 6.31. The fourth-order valence-electron chi connectivity index (χ4n) is 2.97. The van der Waals surface area contributed by atoms with Gasteiger partial charge in [-0.1, -0.05) is 17.7 Å². The Kier molecular flexibility index (Phi) is 7.20. The average Bonchev–Trinajstić information content (AvgIpc) is 2.71. The number of ketones is 1. The Morgan fingerprint density at radius 3 is 2.45 bits per heavy atom. The molecule has 3 aromatic rings. The van der Waals surface area contributed by atoms with E-state index in [-0.39, 0.29) is 30.5 Å². The Hall–Kier alpha value is -3.45. The van der Waals surface area contributed by atoms with Crippen LogP contribution in [0.1, 0.15) is 34.6 Å². The molecule has 1 N–H and O–H groups in total. The predicted molar refractivity (Wildman–Crippen MR) is 118 cm³/mol. The second-order valence-electron chi connectivity index (χ2n) is 6.88. The van der Waals surface area contributed by atoms with Gasteiger partial charge in [-0.05, 0) is 50.2 Å². The van der Waals surface area contributed by atoms with Gasteiger partial charge in [0.05, 0.1) is 12.7 Å². The number of anilines is 1. The quantitative estimate of drug-likeness (QED) is 0.488. The lowest BCUT2D eigenvalue weighted by Gasteiger charge is -2.10. The molecular formula is C23H22ClN3O4. The van der Waals surface area contributed by atoms with Crippen molar-refractivity contribution in [1.29, 1.82) is 0 Å². The van der Waals surface area contributed by atoms with E-state index in [1.165, 1.54) is 13.2 Å². The number of rotatable bonds is 8. The molecule has 1 heterocycles. The van der Waals surface area contributed by atoms with Gasteiger partial charge in [0.2, 0.25) is 5.91 Å². The second kappa shape index (κ2) is 10.0. The van der Waals surface area contributed by atoms with E-state index in [2.05, 4.69) is 15.3 Å². The van der Waals surface area contributed by atoms with E-state index in [9.17, 15) is 9.59 Å². The first kappa shape index (κ1) is 22.2. The van der Waals surface area contributed by atoms with Crippen LogP contribution in [0.15, 0.2) is 48.5 Å². The molecule has 0 bridgehead atoms. The summed E-state index contributed by atoms with van der Waals surface area (Å²) in [6, 6.07) is 13.8. The van der Waals surface area contributed by atoms with Crippen molar-refractivity contribution in [3.8, 4) is 17.5 Å². The summed E-state index contributed by atoms with van der Waals surface area (Å²) < 4.78 is 10.9. The van der Waals surface area contributed by atoms with E-state index in [0.717, 1.165) is 11.4 Å². The van der Waals surface area contributed by atoms with Crippen LogP contribution in [-0.4, -0.2) is 28.8 Å². The minimum atomic E-state index is -0.297. The van der Waals surface area contributed by atoms with E-state index >= 15 is 0 Å². The number of halogens is 1. The minimum Gasteiger partial charge on any atom is -0.496 e. The van der Waals surface area contributed by atoms with Gasteiger partial charge in [-0.25, -0.2) is 9.97 Å². The van der Waals surface area contributed by atoms with Crippen LogP contribution in [0.2, 0.25) is 5.02 Å². The van der Waals surface area contributed by atoms with Gasteiger partial charge < -0.3 is 14.8 Å². The van der Waals surface area contributed by atoms with Crippen molar-refractivity contribution in [2.24, 2.45) is 0 Å². The molecular weight excluding hydrogens is 418 g/mol. The third-order valence-corrected chi connectivity index (χ3v) is 4.56. The number of carbonyl (C=O) groups is 2. The summed E-state index contributed by atoms with van der Waals surface area (Å²) in [5.74, 6) is 0.392. The Morgan fingerprint density at radius 2 is 1.74 bits per heavy atom. The Bertz CT molecular complexity index is 1100. The molecule has 0 radical (unpaired) electrons. The highest BCUT2D eigenvalue weighted by Crippen LogP contribution is 2.25. The van der Waals surface area contributed by atoms with Crippen LogP contribution in [-0.2, 0) is 4.79 Å². The standard InChI is InChI=1S/C23H22ClN3O4/c1-14-11-15(2)26-23(25-14)31-18-6-4-5-17(13-18)27-22(29)10-8-20(28)19-12-16(24)7-9-21(19)30-3/h4-7,9,11-13H,8,10H2,1-3H3,(H,27,29). The molecule has 0 aliphatic carbocycles. The number of hydrogen-bond donors (Lipinski definition) is 1. The fraction of sp³-hybridized carbons (Fsp3) is 0.217. The summed E-state index contributed by atoms with van der Waals surface area (Å²) in [6.45, 7) is 3.72. The van der Waals surface area contributed by atoms with Crippen LogP contribution in [0.5, 0.6) is 17.5 Å². The largest absolute Gasteiger partial charge is 0.496 e. The first-order valence-corrected chi connectivity index (χ1v) is 9.98. The van der Waals surface area contributed by atoms with Gasteiger partial charge >= 0.3 is 6.01 Å². The zero-order chi connectivity index (χ0) is 22.4. The summed E-state index contributed by atoms with van der Waals surface area (Å²) in [4.78, 5) is 33.3. The monoisotopic (exact) mass is 439 g/mol. The summed E-state index contributed by atoms with van der Waals surface area (Å²) in [5.41, 5.74) is 2.49. The predicted octanol–water partition coefficient (Wildman–Crippen LogP) is 5.15. The lowest BCUT2D eigenvalue weighted by molar-refractivity contribution is -0.116. The lowest BCUT2D eigenvalue weighted by Crippen LogP contribution is -2.14. The van der Waals surface area contributed by atoms with Crippen molar-refractivity contribution in [2.45, 2.75) is 26.7 Å².